The standard InChI is InChI=1S/C12H16O3P2/c1-8(17-16)10(7-11(13)14)12(15)9-5-3-2-4-6-9/h2-6,8,10,17H,7,16H2,1H3,(H,13,14). The average Bonchev–Trinajstić information content (AvgIpc) is 2.35. The summed E-state index contributed by atoms with van der Waals surface area (Å²) in [4.78, 5) is 23.0. The second-order valence-corrected chi connectivity index (χ2v) is 6.13. The lowest BCUT2D eigenvalue weighted by molar-refractivity contribution is -0.137. The van der Waals surface area contributed by atoms with Gasteiger partial charge in [-0.1, -0.05) is 45.5 Å². The molecule has 0 amide bonds. The average molecular weight is 270 g/mol. The van der Waals surface area contributed by atoms with Crippen LogP contribution in [0.5, 0.6) is 0 Å². The van der Waals surface area contributed by atoms with Gasteiger partial charge < -0.3 is 5.11 Å². The highest BCUT2D eigenvalue weighted by atomic mass is 32.0. The van der Waals surface area contributed by atoms with Gasteiger partial charge in [-0.3, -0.25) is 9.59 Å². The highest BCUT2D eigenvalue weighted by Crippen LogP contribution is 2.35. The van der Waals surface area contributed by atoms with E-state index in [1.165, 1.54) is 0 Å². The van der Waals surface area contributed by atoms with Crippen LogP contribution in [0.2, 0.25) is 0 Å². The zero-order valence-corrected chi connectivity index (χ0v) is 11.7. The minimum absolute atomic E-state index is 0.0730. The monoisotopic (exact) mass is 270 g/mol. The maximum Gasteiger partial charge on any atom is 0.304 e. The van der Waals surface area contributed by atoms with Crippen molar-refractivity contribution in [1.29, 1.82) is 0 Å². The highest BCUT2D eigenvalue weighted by Gasteiger charge is 2.27. The normalized spacial score (nSPS) is 14.7. The molecule has 0 saturated carbocycles. The Kier molecular flexibility index (Phi) is 5.74. The molecule has 17 heavy (non-hydrogen) atoms. The third kappa shape index (κ3) is 4.18. The molecule has 0 heterocycles. The zero-order valence-electron chi connectivity index (χ0n) is 9.59. The van der Waals surface area contributed by atoms with E-state index in [4.69, 9.17) is 5.11 Å². The molecule has 0 aliphatic rings. The second kappa shape index (κ2) is 6.83. The molecular weight excluding hydrogens is 254 g/mol. The van der Waals surface area contributed by atoms with Gasteiger partial charge in [-0.05, 0) is 5.66 Å². The number of benzene rings is 1. The number of rotatable bonds is 6. The molecule has 0 fully saturated rings. The topological polar surface area (TPSA) is 54.4 Å². The van der Waals surface area contributed by atoms with Crippen LogP contribution >= 0.6 is 17.2 Å². The van der Waals surface area contributed by atoms with Crippen LogP contribution in [0.3, 0.4) is 0 Å². The van der Waals surface area contributed by atoms with Crippen LogP contribution in [0.15, 0.2) is 30.3 Å². The Morgan fingerprint density at radius 1 is 1.35 bits per heavy atom. The van der Waals surface area contributed by atoms with Crippen molar-refractivity contribution in [2.24, 2.45) is 5.92 Å². The number of ketones is 1. The van der Waals surface area contributed by atoms with E-state index in [1.807, 2.05) is 13.0 Å². The lowest BCUT2D eigenvalue weighted by Gasteiger charge is -2.19. The molecule has 1 aromatic rings. The molecule has 4 unspecified atom stereocenters. The second-order valence-electron chi connectivity index (χ2n) is 3.89. The summed E-state index contributed by atoms with van der Waals surface area (Å²) < 4.78 is 0. The molecule has 0 spiro atoms. The van der Waals surface area contributed by atoms with E-state index in [2.05, 4.69) is 8.93 Å². The van der Waals surface area contributed by atoms with E-state index >= 15 is 0 Å². The Bertz CT molecular complexity index is 392. The van der Waals surface area contributed by atoms with E-state index in [9.17, 15) is 9.59 Å². The SMILES string of the molecule is CC(PP)C(CC(=O)O)C(=O)c1ccccc1. The molecule has 0 aromatic heterocycles. The molecule has 1 rings (SSSR count). The number of carboxylic acids is 1. The number of carbonyl (C=O) groups is 2. The zero-order chi connectivity index (χ0) is 12.8. The van der Waals surface area contributed by atoms with Crippen molar-refractivity contribution in [1.82, 2.24) is 0 Å². The molecule has 5 heteroatoms. The minimum Gasteiger partial charge on any atom is -0.481 e. The number of hydrogen-bond donors (Lipinski definition) is 1. The number of Topliss-reactive ketones (excluding diaryl/α,β-unsaturated/α-hetero) is 1. The molecule has 0 radical (unpaired) electrons. The van der Waals surface area contributed by atoms with Crippen molar-refractivity contribution in [3.63, 3.8) is 0 Å². The fourth-order valence-electron chi connectivity index (χ4n) is 1.62. The van der Waals surface area contributed by atoms with Gasteiger partial charge in [0.05, 0.1) is 6.42 Å². The van der Waals surface area contributed by atoms with Crippen LogP contribution in [0.25, 0.3) is 0 Å². The lowest BCUT2D eigenvalue weighted by Crippen LogP contribution is -2.25. The van der Waals surface area contributed by atoms with Crippen molar-refractivity contribution in [2.45, 2.75) is 19.0 Å². The quantitative estimate of drug-likeness (QED) is 0.638. The molecule has 1 aromatic carbocycles. The molecule has 0 aliphatic carbocycles. The first kappa shape index (κ1) is 14.3. The van der Waals surface area contributed by atoms with Gasteiger partial charge in [0.15, 0.2) is 5.78 Å². The fourth-order valence-corrected chi connectivity index (χ4v) is 2.82. The third-order valence-corrected chi connectivity index (χ3v) is 5.16. The summed E-state index contributed by atoms with van der Waals surface area (Å²) in [6.07, 6.45) is -0.101. The highest BCUT2D eigenvalue weighted by molar-refractivity contribution is 8.03. The van der Waals surface area contributed by atoms with Crippen LogP contribution in [0.4, 0.5) is 0 Å². The number of carbonyl (C=O) groups excluding carboxylic acids is 1. The molecule has 0 saturated heterocycles. The van der Waals surface area contributed by atoms with Gasteiger partial charge in [0.1, 0.15) is 0 Å². The number of hydrogen-bond acceptors (Lipinski definition) is 2. The molecule has 3 nitrogen and oxygen atoms in total. The van der Waals surface area contributed by atoms with Crippen LogP contribution in [0.1, 0.15) is 23.7 Å². The summed E-state index contributed by atoms with van der Waals surface area (Å²) in [6.45, 7) is 1.92. The van der Waals surface area contributed by atoms with E-state index in [0.717, 1.165) is 0 Å². The van der Waals surface area contributed by atoms with Gasteiger partial charge in [0.2, 0.25) is 0 Å². The maximum atomic E-state index is 12.2. The molecule has 4 atom stereocenters. The molecule has 0 aliphatic heterocycles. The first-order valence-corrected chi connectivity index (χ1v) is 8.22. The van der Waals surface area contributed by atoms with Crippen molar-refractivity contribution >= 4 is 29.0 Å². The third-order valence-electron chi connectivity index (χ3n) is 2.66. The van der Waals surface area contributed by atoms with E-state index in [0.29, 0.717) is 13.8 Å². The Balaban J connectivity index is 2.90. The Morgan fingerprint density at radius 3 is 2.41 bits per heavy atom. The Labute approximate surface area is 105 Å². The summed E-state index contributed by atoms with van der Waals surface area (Å²) in [6, 6.07) is 8.88. The Morgan fingerprint density at radius 2 is 1.94 bits per heavy atom. The van der Waals surface area contributed by atoms with Gasteiger partial charge in [0, 0.05) is 11.5 Å². The van der Waals surface area contributed by atoms with Crippen molar-refractivity contribution in [3.05, 3.63) is 35.9 Å². The predicted octanol–water partition coefficient (Wildman–Crippen LogP) is 2.82. The maximum absolute atomic E-state index is 12.2. The van der Waals surface area contributed by atoms with Crippen LogP contribution in [-0.2, 0) is 4.79 Å². The summed E-state index contributed by atoms with van der Waals surface area (Å²) in [5.74, 6) is -1.43. The molecule has 1 N–H and O–H groups in total. The largest absolute Gasteiger partial charge is 0.481 e. The van der Waals surface area contributed by atoms with Crippen LogP contribution in [-0.4, -0.2) is 22.5 Å². The molecule has 92 valence electrons. The van der Waals surface area contributed by atoms with Crippen molar-refractivity contribution < 1.29 is 14.7 Å². The van der Waals surface area contributed by atoms with Gasteiger partial charge in [-0.2, -0.15) is 0 Å². The van der Waals surface area contributed by atoms with Crippen molar-refractivity contribution in [2.75, 3.05) is 0 Å². The van der Waals surface area contributed by atoms with Crippen LogP contribution in [0, 0.1) is 5.92 Å². The summed E-state index contributed by atoms with van der Waals surface area (Å²) >= 11 is 0. The first-order valence-electron chi connectivity index (χ1n) is 5.33. The molecular formula is C12H16O3P2. The smallest absolute Gasteiger partial charge is 0.304 e. The Hall–Kier alpha value is -0.780. The van der Waals surface area contributed by atoms with Crippen molar-refractivity contribution in [3.8, 4) is 0 Å². The summed E-state index contributed by atoms with van der Waals surface area (Å²) in [5, 5.41) is 8.87. The van der Waals surface area contributed by atoms with Gasteiger partial charge in [0.25, 0.3) is 0 Å². The predicted molar refractivity (Wildman–Crippen MR) is 74.0 cm³/mol. The molecule has 0 bridgehead atoms. The summed E-state index contributed by atoms with van der Waals surface area (Å²) in [5.41, 5.74) is 0.664. The van der Waals surface area contributed by atoms with Crippen LogP contribution < -0.4 is 0 Å². The minimum atomic E-state index is -0.922. The van der Waals surface area contributed by atoms with Gasteiger partial charge in [-0.15, -0.1) is 8.93 Å². The van der Waals surface area contributed by atoms with Gasteiger partial charge in [-0.25, -0.2) is 0 Å². The van der Waals surface area contributed by atoms with E-state index in [-0.39, 0.29) is 17.9 Å². The van der Waals surface area contributed by atoms with Gasteiger partial charge >= 0.3 is 5.97 Å². The fraction of sp³-hybridized carbons (Fsp3) is 0.333. The number of aliphatic carboxylic acids is 1. The lowest BCUT2D eigenvalue weighted by atomic mass is 9.92. The van der Waals surface area contributed by atoms with E-state index in [1.54, 1.807) is 24.3 Å². The van der Waals surface area contributed by atoms with E-state index < -0.39 is 11.9 Å². The number of carboxylic acid groups (broad SMARTS) is 1. The summed E-state index contributed by atoms with van der Waals surface area (Å²) in [7, 11) is 3.07. The first-order chi connectivity index (χ1) is 8.06.